The van der Waals surface area contributed by atoms with Crippen molar-refractivity contribution in [3.8, 4) is 0 Å². The number of hydrogen-bond donors (Lipinski definition) is 2. The first kappa shape index (κ1) is 17.2. The summed E-state index contributed by atoms with van der Waals surface area (Å²) in [7, 11) is 0. The van der Waals surface area contributed by atoms with Gasteiger partial charge in [0.2, 0.25) is 5.91 Å². The van der Waals surface area contributed by atoms with Gasteiger partial charge in [-0.2, -0.15) is 0 Å². The first-order valence-corrected chi connectivity index (χ1v) is 8.84. The van der Waals surface area contributed by atoms with E-state index >= 15 is 0 Å². The van der Waals surface area contributed by atoms with Crippen molar-refractivity contribution < 1.29 is 9.59 Å². The highest BCUT2D eigenvalue weighted by molar-refractivity contribution is 5.96. The minimum Gasteiger partial charge on any atom is -0.345 e. The van der Waals surface area contributed by atoms with Gasteiger partial charge in [0.25, 0.3) is 5.91 Å². The molecule has 1 aliphatic rings. The molecule has 2 aromatic carbocycles. The Bertz CT molecular complexity index is 766. The van der Waals surface area contributed by atoms with Gasteiger partial charge in [0.15, 0.2) is 0 Å². The number of fused-ring (bicyclic) bond motifs is 1. The molecule has 1 unspecified atom stereocenters. The van der Waals surface area contributed by atoms with Crippen LogP contribution >= 0.6 is 0 Å². The van der Waals surface area contributed by atoms with Crippen LogP contribution in [0.25, 0.3) is 0 Å². The molecule has 0 radical (unpaired) electrons. The summed E-state index contributed by atoms with van der Waals surface area (Å²) in [6.07, 6.45) is 3.13. The molecule has 2 aromatic rings. The number of carbonyl (C=O) groups excluding carboxylic acids is 2. The second-order valence-corrected chi connectivity index (χ2v) is 6.84. The molecule has 0 spiro atoms. The van der Waals surface area contributed by atoms with Crippen LogP contribution in [0.1, 0.15) is 54.2 Å². The summed E-state index contributed by atoms with van der Waals surface area (Å²) < 4.78 is 0. The Balaban J connectivity index is 1.67. The zero-order valence-corrected chi connectivity index (χ0v) is 14.7. The van der Waals surface area contributed by atoms with Crippen LogP contribution in [0.4, 0.5) is 5.69 Å². The quantitative estimate of drug-likeness (QED) is 0.883. The van der Waals surface area contributed by atoms with Crippen molar-refractivity contribution in [2.24, 2.45) is 5.92 Å². The number of anilines is 1. The summed E-state index contributed by atoms with van der Waals surface area (Å²) in [6, 6.07) is 15.4. The largest absolute Gasteiger partial charge is 0.345 e. The molecular formula is C21H24N2O2. The van der Waals surface area contributed by atoms with E-state index in [2.05, 4.69) is 22.8 Å². The van der Waals surface area contributed by atoms with Crippen LogP contribution in [0.5, 0.6) is 0 Å². The molecular weight excluding hydrogens is 312 g/mol. The Kier molecular flexibility index (Phi) is 5.17. The average Bonchev–Trinajstić information content (AvgIpc) is 2.62. The molecule has 4 nitrogen and oxygen atoms in total. The van der Waals surface area contributed by atoms with Crippen LogP contribution in [0, 0.1) is 5.92 Å². The van der Waals surface area contributed by atoms with Crippen molar-refractivity contribution >= 4 is 17.5 Å². The predicted molar refractivity (Wildman–Crippen MR) is 99.5 cm³/mol. The monoisotopic (exact) mass is 336 g/mol. The molecule has 1 aliphatic carbocycles. The average molecular weight is 336 g/mol. The van der Waals surface area contributed by atoms with E-state index in [9.17, 15) is 9.59 Å². The highest BCUT2D eigenvalue weighted by Crippen LogP contribution is 2.29. The van der Waals surface area contributed by atoms with Crippen molar-refractivity contribution in [1.82, 2.24) is 5.32 Å². The van der Waals surface area contributed by atoms with E-state index < -0.39 is 0 Å². The van der Waals surface area contributed by atoms with Crippen molar-refractivity contribution in [3.05, 3.63) is 65.2 Å². The minimum absolute atomic E-state index is 0.0315. The molecule has 130 valence electrons. The molecule has 0 aliphatic heterocycles. The molecule has 4 heteroatoms. The summed E-state index contributed by atoms with van der Waals surface area (Å²) in [5.74, 6) is -0.186. The Labute approximate surface area is 148 Å². The van der Waals surface area contributed by atoms with Crippen LogP contribution < -0.4 is 10.6 Å². The molecule has 3 rings (SSSR count). The van der Waals surface area contributed by atoms with Gasteiger partial charge in [-0.1, -0.05) is 38.1 Å². The highest BCUT2D eigenvalue weighted by Gasteiger charge is 2.21. The lowest BCUT2D eigenvalue weighted by atomic mass is 9.87. The molecule has 0 aromatic heterocycles. The second-order valence-electron chi connectivity index (χ2n) is 6.84. The third kappa shape index (κ3) is 4.08. The minimum atomic E-state index is -0.0801. The van der Waals surface area contributed by atoms with Crippen molar-refractivity contribution in [3.63, 3.8) is 0 Å². The van der Waals surface area contributed by atoms with Crippen molar-refractivity contribution in [1.29, 1.82) is 0 Å². The number of hydrogen-bond acceptors (Lipinski definition) is 2. The fraction of sp³-hybridized carbons (Fsp3) is 0.333. The van der Waals surface area contributed by atoms with Crippen molar-refractivity contribution in [2.45, 2.75) is 39.2 Å². The maximum atomic E-state index is 12.6. The van der Waals surface area contributed by atoms with Crippen LogP contribution in [-0.4, -0.2) is 11.8 Å². The zero-order valence-electron chi connectivity index (χ0n) is 14.7. The van der Waals surface area contributed by atoms with Gasteiger partial charge in [0, 0.05) is 17.2 Å². The van der Waals surface area contributed by atoms with E-state index in [-0.39, 0.29) is 23.8 Å². The summed E-state index contributed by atoms with van der Waals surface area (Å²) >= 11 is 0. The second kappa shape index (κ2) is 7.51. The molecule has 0 saturated heterocycles. The molecule has 0 fully saturated rings. The number of nitrogens with one attached hydrogen (secondary N) is 2. The molecule has 0 heterocycles. The molecule has 25 heavy (non-hydrogen) atoms. The van der Waals surface area contributed by atoms with E-state index in [0.29, 0.717) is 11.3 Å². The molecule has 0 bridgehead atoms. The van der Waals surface area contributed by atoms with Gasteiger partial charge in [-0.15, -0.1) is 0 Å². The molecule has 0 saturated carbocycles. The SMILES string of the molecule is CC(C)C(=O)Nc1ccc(C(=O)NC2CCCc3ccccc32)cc1. The number of amides is 2. The third-order valence-corrected chi connectivity index (χ3v) is 4.61. The van der Waals surface area contributed by atoms with Crippen LogP contribution in [0.3, 0.4) is 0 Å². The summed E-state index contributed by atoms with van der Waals surface area (Å²) in [6.45, 7) is 3.69. The van der Waals surface area contributed by atoms with Gasteiger partial charge in [0.1, 0.15) is 0 Å². The Morgan fingerprint density at radius 1 is 1.04 bits per heavy atom. The summed E-state index contributed by atoms with van der Waals surface area (Å²) in [4.78, 5) is 24.3. The normalized spacial score (nSPS) is 16.2. The lowest BCUT2D eigenvalue weighted by Gasteiger charge is -2.26. The van der Waals surface area contributed by atoms with E-state index in [1.54, 1.807) is 24.3 Å². The predicted octanol–water partition coefficient (Wildman–Crippen LogP) is 4.09. The van der Waals surface area contributed by atoms with E-state index in [1.165, 1.54) is 11.1 Å². The fourth-order valence-corrected chi connectivity index (χ4v) is 3.14. The van der Waals surface area contributed by atoms with Gasteiger partial charge < -0.3 is 10.6 Å². The highest BCUT2D eigenvalue weighted by atomic mass is 16.2. The van der Waals surface area contributed by atoms with Gasteiger partial charge >= 0.3 is 0 Å². The Morgan fingerprint density at radius 3 is 2.48 bits per heavy atom. The lowest BCUT2D eigenvalue weighted by Crippen LogP contribution is -2.31. The van der Waals surface area contributed by atoms with Crippen molar-refractivity contribution in [2.75, 3.05) is 5.32 Å². The fourth-order valence-electron chi connectivity index (χ4n) is 3.14. The van der Waals surface area contributed by atoms with Crippen LogP contribution in [-0.2, 0) is 11.2 Å². The Morgan fingerprint density at radius 2 is 1.76 bits per heavy atom. The summed E-state index contributed by atoms with van der Waals surface area (Å²) in [5, 5.41) is 5.97. The first-order valence-electron chi connectivity index (χ1n) is 8.84. The number of rotatable bonds is 4. The van der Waals surface area contributed by atoms with Gasteiger partial charge in [-0.3, -0.25) is 9.59 Å². The molecule has 2 amide bonds. The Hall–Kier alpha value is -2.62. The number of benzene rings is 2. The molecule has 1 atom stereocenters. The maximum Gasteiger partial charge on any atom is 0.251 e. The van der Waals surface area contributed by atoms with Gasteiger partial charge in [-0.05, 0) is 54.7 Å². The number of aryl methyl sites for hydroxylation is 1. The first-order chi connectivity index (χ1) is 12.0. The topological polar surface area (TPSA) is 58.2 Å². The molecule has 2 N–H and O–H groups in total. The summed E-state index contributed by atoms with van der Waals surface area (Å²) in [5.41, 5.74) is 3.86. The van der Waals surface area contributed by atoms with E-state index in [1.807, 2.05) is 26.0 Å². The smallest absolute Gasteiger partial charge is 0.251 e. The van der Waals surface area contributed by atoms with E-state index in [0.717, 1.165) is 19.3 Å². The third-order valence-electron chi connectivity index (χ3n) is 4.61. The maximum absolute atomic E-state index is 12.6. The lowest BCUT2D eigenvalue weighted by molar-refractivity contribution is -0.118. The number of carbonyl (C=O) groups is 2. The van der Waals surface area contributed by atoms with Gasteiger partial charge in [-0.25, -0.2) is 0 Å². The van der Waals surface area contributed by atoms with E-state index in [4.69, 9.17) is 0 Å². The van der Waals surface area contributed by atoms with Crippen LogP contribution in [0.2, 0.25) is 0 Å². The standard InChI is InChI=1S/C21H24N2O2/c1-14(2)20(24)22-17-12-10-16(11-13-17)21(25)23-19-9-5-7-15-6-3-4-8-18(15)19/h3-4,6,8,10-14,19H,5,7,9H2,1-2H3,(H,22,24)(H,23,25). The zero-order chi connectivity index (χ0) is 17.8. The van der Waals surface area contributed by atoms with Gasteiger partial charge in [0.05, 0.1) is 6.04 Å². The van der Waals surface area contributed by atoms with Crippen LogP contribution in [0.15, 0.2) is 48.5 Å².